The molecule has 1 aliphatic heterocycles. The van der Waals surface area contributed by atoms with Gasteiger partial charge in [0.1, 0.15) is 5.82 Å². The summed E-state index contributed by atoms with van der Waals surface area (Å²) in [6.45, 7) is 0.798. The molecule has 2 heteroatoms. The molecular weight excluding hydrogens is 112 g/mol. The monoisotopic (exact) mass is 118 g/mol. The van der Waals surface area contributed by atoms with E-state index in [0.29, 0.717) is 0 Å². The van der Waals surface area contributed by atoms with Crippen LogP contribution >= 0.6 is 0 Å². The Morgan fingerprint density at radius 2 is 2.67 bits per heavy atom. The molecule has 0 aliphatic carbocycles. The van der Waals surface area contributed by atoms with Crippen LogP contribution in [-0.4, -0.2) is 11.5 Å². The summed E-state index contributed by atoms with van der Waals surface area (Å²) in [6, 6.07) is 3.92. The van der Waals surface area contributed by atoms with Crippen LogP contribution in [0.1, 0.15) is 5.56 Å². The second-order valence-corrected chi connectivity index (χ2v) is 1.93. The van der Waals surface area contributed by atoms with Gasteiger partial charge in [0.05, 0.1) is 0 Å². The lowest BCUT2D eigenvalue weighted by Crippen LogP contribution is -1.91. The molecule has 2 heterocycles. The molecule has 0 atom stereocenters. The predicted octanol–water partition coefficient (Wildman–Crippen LogP) is 0.936. The van der Waals surface area contributed by atoms with Crippen molar-refractivity contribution >= 4 is 5.82 Å². The Hall–Kier alpha value is -1.05. The van der Waals surface area contributed by atoms with Gasteiger partial charge in [-0.1, -0.05) is 6.07 Å². The Bertz CT molecular complexity index is 197. The number of anilines is 1. The van der Waals surface area contributed by atoms with Gasteiger partial charge in [0.25, 0.3) is 0 Å². The highest BCUT2D eigenvalue weighted by Gasteiger charge is 2.08. The van der Waals surface area contributed by atoms with Gasteiger partial charge in [-0.3, -0.25) is 0 Å². The second-order valence-electron chi connectivity index (χ2n) is 1.93. The topological polar surface area (TPSA) is 24.9 Å². The molecule has 1 N–H and O–H groups in total. The number of hydrogen-bond acceptors (Lipinski definition) is 2. The van der Waals surface area contributed by atoms with Crippen LogP contribution in [0.15, 0.2) is 18.3 Å². The van der Waals surface area contributed by atoms with Gasteiger partial charge in [0, 0.05) is 24.7 Å². The smallest absolute Gasteiger partial charge is 0.129 e. The van der Waals surface area contributed by atoms with Crippen molar-refractivity contribution in [1.82, 2.24) is 4.98 Å². The lowest BCUT2D eigenvalue weighted by molar-refractivity contribution is 1.28. The number of nitrogens with zero attached hydrogens (tertiary/aromatic N) is 1. The molecule has 1 aromatic rings. The van der Waals surface area contributed by atoms with E-state index in [1.807, 2.05) is 12.1 Å². The van der Waals surface area contributed by atoms with Gasteiger partial charge in [0.15, 0.2) is 0 Å². The summed E-state index contributed by atoms with van der Waals surface area (Å²) in [6.07, 6.45) is 4.90. The molecule has 0 fully saturated rings. The summed E-state index contributed by atoms with van der Waals surface area (Å²) in [7, 11) is 0. The first-order valence-corrected chi connectivity index (χ1v) is 2.89. The molecule has 0 bridgehead atoms. The molecule has 0 amide bonds. The van der Waals surface area contributed by atoms with E-state index in [9.17, 15) is 0 Å². The Morgan fingerprint density at radius 3 is 3.56 bits per heavy atom. The molecule has 2 nitrogen and oxygen atoms in total. The van der Waals surface area contributed by atoms with Crippen LogP contribution in [-0.2, 0) is 0 Å². The molecule has 2 radical (unpaired) electrons. The Morgan fingerprint density at radius 1 is 1.67 bits per heavy atom. The molecule has 9 heavy (non-hydrogen) atoms. The minimum Gasteiger partial charge on any atom is -0.369 e. The predicted molar refractivity (Wildman–Crippen MR) is 35.1 cm³/mol. The maximum Gasteiger partial charge on any atom is 0.129 e. The SMILES string of the molecule is [C]1CNc2ncccc21. The van der Waals surface area contributed by atoms with Crippen LogP contribution in [0.25, 0.3) is 0 Å². The zero-order valence-corrected chi connectivity index (χ0v) is 4.89. The molecule has 0 saturated heterocycles. The fraction of sp³-hybridized carbons (Fsp3) is 0.143. The average molecular weight is 118 g/mol. The molecular formula is C7H6N2. The number of pyridine rings is 1. The van der Waals surface area contributed by atoms with Crippen LogP contribution in [0, 0.1) is 6.42 Å². The highest BCUT2D eigenvalue weighted by atomic mass is 15.0. The van der Waals surface area contributed by atoms with Crippen molar-refractivity contribution in [1.29, 1.82) is 0 Å². The first-order chi connectivity index (χ1) is 4.47. The van der Waals surface area contributed by atoms with Gasteiger partial charge in [-0.05, 0) is 6.07 Å². The van der Waals surface area contributed by atoms with Crippen molar-refractivity contribution in [3.63, 3.8) is 0 Å². The second kappa shape index (κ2) is 1.72. The van der Waals surface area contributed by atoms with Crippen LogP contribution in [0.2, 0.25) is 0 Å². The first-order valence-electron chi connectivity index (χ1n) is 2.89. The van der Waals surface area contributed by atoms with Crippen LogP contribution in [0.5, 0.6) is 0 Å². The van der Waals surface area contributed by atoms with Gasteiger partial charge in [-0.15, -0.1) is 0 Å². The van der Waals surface area contributed by atoms with Crippen LogP contribution in [0.3, 0.4) is 0 Å². The fourth-order valence-electron chi connectivity index (χ4n) is 0.912. The number of rotatable bonds is 0. The van der Waals surface area contributed by atoms with E-state index >= 15 is 0 Å². The summed E-state index contributed by atoms with van der Waals surface area (Å²) in [5.41, 5.74) is 1.09. The fourth-order valence-corrected chi connectivity index (χ4v) is 0.912. The minimum atomic E-state index is 0.798. The molecule has 1 aromatic heterocycles. The third-order valence-electron chi connectivity index (χ3n) is 1.34. The Kier molecular flexibility index (Phi) is 0.918. The van der Waals surface area contributed by atoms with Crippen molar-refractivity contribution in [2.24, 2.45) is 0 Å². The van der Waals surface area contributed by atoms with E-state index in [4.69, 9.17) is 0 Å². The summed E-state index contributed by atoms with van der Waals surface area (Å²) >= 11 is 0. The average Bonchev–Trinajstić information content (AvgIpc) is 2.33. The standard InChI is InChI=1S/C7H6N2/c1-2-6-3-5-9-7(6)8-4-1/h1-2,4H,5H2,(H,8,9). The molecule has 2 rings (SSSR count). The number of fused-ring (bicyclic) bond motifs is 1. The van der Waals surface area contributed by atoms with E-state index in [1.54, 1.807) is 6.20 Å². The summed E-state index contributed by atoms with van der Waals surface area (Å²) < 4.78 is 0. The molecule has 0 spiro atoms. The zero-order valence-electron chi connectivity index (χ0n) is 4.89. The third-order valence-corrected chi connectivity index (χ3v) is 1.34. The molecule has 0 aromatic carbocycles. The largest absolute Gasteiger partial charge is 0.369 e. The van der Waals surface area contributed by atoms with Crippen LogP contribution in [0.4, 0.5) is 5.82 Å². The molecule has 1 aliphatic rings. The van der Waals surface area contributed by atoms with Gasteiger partial charge >= 0.3 is 0 Å². The summed E-state index contributed by atoms with van der Waals surface area (Å²) in [5.74, 6) is 0.956. The minimum absolute atomic E-state index is 0.798. The molecule has 0 unspecified atom stereocenters. The zero-order chi connectivity index (χ0) is 6.10. The van der Waals surface area contributed by atoms with E-state index in [0.717, 1.165) is 17.9 Å². The Labute approximate surface area is 53.9 Å². The van der Waals surface area contributed by atoms with Crippen molar-refractivity contribution in [3.8, 4) is 0 Å². The number of hydrogen-bond donors (Lipinski definition) is 1. The lowest BCUT2D eigenvalue weighted by atomic mass is 10.2. The lowest BCUT2D eigenvalue weighted by Gasteiger charge is -1.92. The van der Waals surface area contributed by atoms with Crippen molar-refractivity contribution in [3.05, 3.63) is 30.3 Å². The third kappa shape index (κ3) is 0.669. The van der Waals surface area contributed by atoms with E-state index in [-0.39, 0.29) is 0 Å². The summed E-state index contributed by atoms with van der Waals surface area (Å²) in [5, 5.41) is 3.08. The van der Waals surface area contributed by atoms with Gasteiger partial charge in [-0.2, -0.15) is 0 Å². The molecule has 44 valence electrons. The Balaban J connectivity index is 2.54. The van der Waals surface area contributed by atoms with Crippen LogP contribution < -0.4 is 5.32 Å². The van der Waals surface area contributed by atoms with Crippen molar-refractivity contribution in [2.45, 2.75) is 0 Å². The molecule has 0 saturated carbocycles. The normalized spacial score (nSPS) is 14.7. The highest BCUT2D eigenvalue weighted by molar-refractivity contribution is 5.53. The quantitative estimate of drug-likeness (QED) is 0.548. The highest BCUT2D eigenvalue weighted by Crippen LogP contribution is 2.18. The van der Waals surface area contributed by atoms with E-state index in [2.05, 4.69) is 16.7 Å². The maximum absolute atomic E-state index is 4.09. The summed E-state index contributed by atoms with van der Waals surface area (Å²) in [4.78, 5) is 4.09. The van der Waals surface area contributed by atoms with E-state index in [1.165, 1.54) is 0 Å². The van der Waals surface area contributed by atoms with Gasteiger partial charge in [-0.25, -0.2) is 4.98 Å². The number of aromatic nitrogens is 1. The van der Waals surface area contributed by atoms with Crippen molar-refractivity contribution < 1.29 is 0 Å². The van der Waals surface area contributed by atoms with Crippen molar-refractivity contribution in [2.75, 3.05) is 11.9 Å². The number of nitrogens with one attached hydrogen (secondary N) is 1. The van der Waals surface area contributed by atoms with Gasteiger partial charge < -0.3 is 5.32 Å². The van der Waals surface area contributed by atoms with Gasteiger partial charge in [0.2, 0.25) is 0 Å². The van der Waals surface area contributed by atoms with E-state index < -0.39 is 0 Å². The first kappa shape index (κ1) is 4.79. The maximum atomic E-state index is 4.09.